The Morgan fingerprint density at radius 3 is 2.30 bits per heavy atom. The van der Waals surface area contributed by atoms with E-state index in [1.54, 1.807) is 52.0 Å². The van der Waals surface area contributed by atoms with Crippen LogP contribution < -0.4 is 4.74 Å². The molecule has 1 amide bonds. The highest BCUT2D eigenvalue weighted by atomic mass is 16.5. The Kier molecular flexibility index (Phi) is 7.43. The van der Waals surface area contributed by atoms with E-state index in [4.69, 9.17) is 9.47 Å². The molecule has 1 aromatic carbocycles. The third kappa shape index (κ3) is 4.40. The maximum absolute atomic E-state index is 13.4. The Morgan fingerprint density at radius 2 is 1.73 bits per heavy atom. The predicted molar refractivity (Wildman–Crippen MR) is 114 cm³/mol. The minimum Gasteiger partial charge on any atom is -0.496 e. The molecule has 2 aromatic rings. The zero-order chi connectivity index (χ0) is 22.6. The van der Waals surface area contributed by atoms with Gasteiger partial charge in [-0.2, -0.15) is 0 Å². The number of carbonyl (C=O) groups excluding carboxylic acids is 3. The molecule has 0 aliphatic rings. The summed E-state index contributed by atoms with van der Waals surface area (Å²) in [5.41, 5.74) is 2.15. The van der Waals surface area contributed by atoms with Gasteiger partial charge in [0.05, 0.1) is 25.3 Å². The van der Waals surface area contributed by atoms with Gasteiger partial charge in [0.1, 0.15) is 11.4 Å². The Labute approximate surface area is 177 Å². The zero-order valence-corrected chi connectivity index (χ0v) is 18.7. The normalized spacial score (nSPS) is 11.9. The van der Waals surface area contributed by atoms with Gasteiger partial charge >= 0.3 is 5.97 Å². The second-order valence-electron chi connectivity index (χ2n) is 7.39. The van der Waals surface area contributed by atoms with Gasteiger partial charge in [-0.05, 0) is 59.2 Å². The van der Waals surface area contributed by atoms with E-state index in [9.17, 15) is 14.4 Å². The smallest absolute Gasteiger partial charge is 0.355 e. The molecule has 0 unspecified atom stereocenters. The monoisotopic (exact) mass is 414 g/mol. The van der Waals surface area contributed by atoms with Gasteiger partial charge in [0.2, 0.25) is 0 Å². The Bertz CT molecular complexity index is 945. The van der Waals surface area contributed by atoms with Crippen LogP contribution in [0.2, 0.25) is 0 Å². The fourth-order valence-corrected chi connectivity index (χ4v) is 3.68. The van der Waals surface area contributed by atoms with Crippen molar-refractivity contribution in [3.63, 3.8) is 0 Å². The van der Waals surface area contributed by atoms with Crippen molar-refractivity contribution in [2.45, 2.75) is 53.6 Å². The second-order valence-corrected chi connectivity index (χ2v) is 7.39. The van der Waals surface area contributed by atoms with E-state index in [-0.39, 0.29) is 30.0 Å². The van der Waals surface area contributed by atoms with Gasteiger partial charge < -0.3 is 19.4 Å². The van der Waals surface area contributed by atoms with Crippen molar-refractivity contribution in [1.29, 1.82) is 0 Å². The van der Waals surface area contributed by atoms with Crippen LogP contribution in [0.5, 0.6) is 5.75 Å². The fraction of sp³-hybridized carbons (Fsp3) is 0.435. The highest BCUT2D eigenvalue weighted by molar-refractivity contribution is 6.08. The highest BCUT2D eigenvalue weighted by Crippen LogP contribution is 2.26. The largest absolute Gasteiger partial charge is 0.496 e. The summed E-state index contributed by atoms with van der Waals surface area (Å²) in [5, 5.41) is 0. The summed E-state index contributed by atoms with van der Waals surface area (Å²) >= 11 is 0. The summed E-state index contributed by atoms with van der Waals surface area (Å²) in [6.07, 6.45) is 0. The van der Waals surface area contributed by atoms with Crippen LogP contribution in [0.15, 0.2) is 24.3 Å². The first-order chi connectivity index (χ1) is 14.1. The molecular weight excluding hydrogens is 384 g/mol. The number of carbonyl (C=O) groups is 3. The Hall–Kier alpha value is -3.09. The summed E-state index contributed by atoms with van der Waals surface area (Å²) in [6.45, 7) is 10.8. The third-order valence-corrected chi connectivity index (χ3v) is 5.09. The second kappa shape index (κ2) is 9.61. The van der Waals surface area contributed by atoms with Gasteiger partial charge in [-0.3, -0.25) is 9.59 Å². The number of ether oxygens (including phenoxy) is 2. The SMILES string of the molecule is CCOC(=O)c1[nH]c(C)c(C(=O)[C@H](C)N(C(=O)c2ccccc2OC)C(C)C)c1C. The van der Waals surface area contributed by atoms with Gasteiger partial charge in [0, 0.05) is 17.3 Å². The molecule has 0 spiro atoms. The Morgan fingerprint density at radius 1 is 1.10 bits per heavy atom. The molecule has 0 aliphatic heterocycles. The maximum Gasteiger partial charge on any atom is 0.355 e. The van der Waals surface area contributed by atoms with Crippen LogP contribution in [0.25, 0.3) is 0 Å². The lowest BCUT2D eigenvalue weighted by molar-refractivity contribution is 0.0518. The maximum atomic E-state index is 13.4. The quantitative estimate of drug-likeness (QED) is 0.522. The molecule has 0 fully saturated rings. The van der Waals surface area contributed by atoms with E-state index in [0.29, 0.717) is 28.1 Å². The number of rotatable bonds is 8. The minimum absolute atomic E-state index is 0.231. The first-order valence-electron chi connectivity index (χ1n) is 10.0. The van der Waals surface area contributed by atoms with E-state index in [1.807, 2.05) is 13.8 Å². The number of Topliss-reactive ketones (excluding diaryl/α,β-unsaturated/α-hetero) is 1. The molecule has 7 nitrogen and oxygen atoms in total. The number of methoxy groups -OCH3 is 1. The third-order valence-electron chi connectivity index (χ3n) is 5.09. The van der Waals surface area contributed by atoms with E-state index >= 15 is 0 Å². The van der Waals surface area contributed by atoms with Crippen LogP contribution in [0.4, 0.5) is 0 Å². The molecule has 0 radical (unpaired) electrons. The van der Waals surface area contributed by atoms with Crippen molar-refractivity contribution in [3.05, 3.63) is 52.3 Å². The molecule has 0 bridgehead atoms. The molecule has 7 heteroatoms. The molecule has 2 rings (SSSR count). The van der Waals surface area contributed by atoms with Gasteiger partial charge in [-0.25, -0.2) is 4.79 Å². The number of benzene rings is 1. The molecule has 0 saturated carbocycles. The Balaban J connectivity index is 2.43. The van der Waals surface area contributed by atoms with Gasteiger partial charge in [-0.1, -0.05) is 12.1 Å². The topological polar surface area (TPSA) is 88.7 Å². The summed E-state index contributed by atoms with van der Waals surface area (Å²) < 4.78 is 10.4. The van der Waals surface area contributed by atoms with E-state index in [0.717, 1.165) is 0 Å². The number of nitrogens with one attached hydrogen (secondary N) is 1. The summed E-state index contributed by atoms with van der Waals surface area (Å²) in [4.78, 5) is 43.4. The van der Waals surface area contributed by atoms with Crippen LogP contribution in [0.3, 0.4) is 0 Å². The zero-order valence-electron chi connectivity index (χ0n) is 18.7. The van der Waals surface area contributed by atoms with Crippen molar-refractivity contribution in [3.8, 4) is 5.75 Å². The number of para-hydroxylation sites is 1. The van der Waals surface area contributed by atoms with E-state index in [2.05, 4.69) is 4.98 Å². The number of hydrogen-bond donors (Lipinski definition) is 1. The lowest BCUT2D eigenvalue weighted by Gasteiger charge is -2.32. The molecule has 1 heterocycles. The first kappa shape index (κ1) is 23.2. The van der Waals surface area contributed by atoms with Crippen LogP contribution in [0, 0.1) is 13.8 Å². The highest BCUT2D eigenvalue weighted by Gasteiger charge is 2.33. The predicted octanol–water partition coefficient (Wildman–Crippen LogP) is 3.94. The molecule has 0 saturated heterocycles. The van der Waals surface area contributed by atoms with Crippen LogP contribution in [-0.2, 0) is 4.74 Å². The number of amides is 1. The number of aryl methyl sites for hydroxylation is 1. The van der Waals surface area contributed by atoms with Crippen molar-refractivity contribution < 1.29 is 23.9 Å². The summed E-state index contributed by atoms with van der Waals surface area (Å²) in [7, 11) is 1.50. The number of H-pyrrole nitrogens is 1. The molecule has 1 aromatic heterocycles. The fourth-order valence-electron chi connectivity index (χ4n) is 3.68. The number of aromatic amines is 1. The number of hydrogen-bond acceptors (Lipinski definition) is 5. The average molecular weight is 415 g/mol. The van der Waals surface area contributed by atoms with Crippen molar-refractivity contribution >= 4 is 17.7 Å². The molecule has 1 atom stereocenters. The lowest BCUT2D eigenvalue weighted by atomic mass is 9.98. The lowest BCUT2D eigenvalue weighted by Crippen LogP contribution is -2.47. The number of esters is 1. The summed E-state index contributed by atoms with van der Waals surface area (Å²) in [5.74, 6) is -0.587. The minimum atomic E-state index is -0.745. The standard InChI is InChI=1S/C23H30N2O5/c1-8-30-23(28)20-14(4)19(15(5)24-20)21(26)16(6)25(13(2)3)22(27)17-11-9-10-12-18(17)29-7/h9-13,16,24H,8H2,1-7H3/t16-/m0/s1. The average Bonchev–Trinajstić information content (AvgIpc) is 3.01. The molecule has 1 N–H and O–H groups in total. The summed E-state index contributed by atoms with van der Waals surface area (Å²) in [6, 6.07) is 5.96. The number of nitrogens with zero attached hydrogens (tertiary/aromatic N) is 1. The van der Waals surface area contributed by atoms with E-state index < -0.39 is 12.0 Å². The van der Waals surface area contributed by atoms with Crippen molar-refractivity contribution in [2.24, 2.45) is 0 Å². The number of ketones is 1. The van der Waals surface area contributed by atoms with Crippen molar-refractivity contribution in [1.82, 2.24) is 9.88 Å². The van der Waals surface area contributed by atoms with Crippen LogP contribution in [0.1, 0.15) is 70.2 Å². The van der Waals surface area contributed by atoms with Gasteiger partial charge in [0.15, 0.2) is 5.78 Å². The van der Waals surface area contributed by atoms with Crippen LogP contribution >= 0.6 is 0 Å². The van der Waals surface area contributed by atoms with Gasteiger partial charge in [0.25, 0.3) is 5.91 Å². The van der Waals surface area contributed by atoms with Crippen LogP contribution in [-0.4, -0.2) is 53.3 Å². The molecular formula is C23H30N2O5. The molecule has 162 valence electrons. The van der Waals surface area contributed by atoms with Crippen molar-refractivity contribution in [2.75, 3.05) is 13.7 Å². The number of aromatic nitrogens is 1. The van der Waals surface area contributed by atoms with Gasteiger partial charge in [-0.15, -0.1) is 0 Å². The van der Waals surface area contributed by atoms with E-state index in [1.165, 1.54) is 12.0 Å². The molecule has 30 heavy (non-hydrogen) atoms. The first-order valence-corrected chi connectivity index (χ1v) is 10.0. The molecule has 0 aliphatic carbocycles.